The normalized spacial score (nSPS) is 11.6. The second-order valence-electron chi connectivity index (χ2n) is 3.42. The zero-order chi connectivity index (χ0) is 12.7. The molecule has 0 heterocycles. The maximum atomic E-state index is 11.2. The van der Waals surface area contributed by atoms with Gasteiger partial charge in [-0.15, -0.1) is 0 Å². The molecule has 4 N–H and O–H groups in total. The molecule has 1 aromatic carbocycles. The van der Waals surface area contributed by atoms with E-state index >= 15 is 0 Å². The quantitative estimate of drug-likeness (QED) is 0.482. The van der Waals surface area contributed by atoms with Crippen LogP contribution >= 0.6 is 0 Å². The molecule has 0 aliphatic heterocycles. The van der Waals surface area contributed by atoms with Crippen molar-refractivity contribution >= 4 is 11.9 Å². The van der Waals surface area contributed by atoms with Crippen molar-refractivity contribution in [3.05, 3.63) is 35.9 Å². The first-order valence-electron chi connectivity index (χ1n) is 5.06. The maximum absolute atomic E-state index is 11.2. The van der Waals surface area contributed by atoms with Crippen LogP contribution in [-0.2, 0) is 20.9 Å². The fourth-order valence-electron chi connectivity index (χ4n) is 1.36. The molecule has 0 aliphatic carbocycles. The highest BCUT2D eigenvalue weighted by Crippen LogP contribution is 2.04. The van der Waals surface area contributed by atoms with Gasteiger partial charge < -0.3 is 11.1 Å². The summed E-state index contributed by atoms with van der Waals surface area (Å²) in [4.78, 5) is 26.0. The van der Waals surface area contributed by atoms with E-state index in [0.717, 1.165) is 5.56 Å². The molecule has 1 rings (SSSR count). The highest BCUT2D eigenvalue weighted by Gasteiger charge is 2.22. The van der Waals surface area contributed by atoms with Crippen LogP contribution in [0.5, 0.6) is 0 Å². The Bertz CT molecular complexity index is 380. The monoisotopic (exact) mass is 238 g/mol. The molecule has 0 saturated heterocycles. The number of amides is 1. The fraction of sp³-hybridized carbons (Fsp3) is 0.273. The summed E-state index contributed by atoms with van der Waals surface area (Å²) >= 11 is 0. The summed E-state index contributed by atoms with van der Waals surface area (Å²) in [7, 11) is 0. The largest absolute Gasteiger partial charge is 0.364 e. The first-order chi connectivity index (χ1) is 8.17. The number of benzene rings is 1. The molecule has 1 aromatic rings. The SMILES string of the molecule is NCC(=O)N[C@H](Cc1ccccc1)C(=O)OO. The lowest BCUT2D eigenvalue weighted by Gasteiger charge is -2.14. The molecule has 0 radical (unpaired) electrons. The van der Waals surface area contributed by atoms with Crippen LogP contribution < -0.4 is 11.1 Å². The van der Waals surface area contributed by atoms with Gasteiger partial charge in [0.1, 0.15) is 6.04 Å². The Labute approximate surface area is 98.3 Å². The molecule has 0 bridgehead atoms. The van der Waals surface area contributed by atoms with Gasteiger partial charge in [0.25, 0.3) is 0 Å². The molecule has 6 heteroatoms. The van der Waals surface area contributed by atoms with Gasteiger partial charge in [-0.05, 0) is 5.56 Å². The number of rotatable bonds is 5. The summed E-state index contributed by atoms with van der Waals surface area (Å²) in [6.45, 7) is -0.232. The first-order valence-corrected chi connectivity index (χ1v) is 5.06. The van der Waals surface area contributed by atoms with Crippen molar-refractivity contribution in [1.82, 2.24) is 5.32 Å². The molecular formula is C11H14N2O4. The predicted molar refractivity (Wildman–Crippen MR) is 59.9 cm³/mol. The van der Waals surface area contributed by atoms with Crippen molar-refractivity contribution in [1.29, 1.82) is 0 Å². The Morgan fingerprint density at radius 3 is 2.53 bits per heavy atom. The molecule has 0 unspecified atom stereocenters. The third-order valence-corrected chi connectivity index (χ3v) is 2.18. The molecule has 1 atom stereocenters. The molecule has 0 aliphatic rings. The molecule has 17 heavy (non-hydrogen) atoms. The molecule has 0 saturated carbocycles. The minimum Gasteiger partial charge on any atom is -0.341 e. The molecule has 1 amide bonds. The summed E-state index contributed by atoms with van der Waals surface area (Å²) in [5.74, 6) is -1.41. The van der Waals surface area contributed by atoms with Crippen LogP contribution in [0.2, 0.25) is 0 Å². The lowest BCUT2D eigenvalue weighted by molar-refractivity contribution is -0.236. The zero-order valence-corrected chi connectivity index (χ0v) is 9.13. The Morgan fingerprint density at radius 1 is 1.35 bits per heavy atom. The molecule has 0 spiro atoms. The first kappa shape index (κ1) is 13.1. The number of carbonyl (C=O) groups excluding carboxylic acids is 2. The van der Waals surface area contributed by atoms with Crippen molar-refractivity contribution in [3.63, 3.8) is 0 Å². The minimum absolute atomic E-state index is 0.228. The Kier molecular flexibility index (Phi) is 5.12. The fourth-order valence-corrected chi connectivity index (χ4v) is 1.36. The lowest BCUT2D eigenvalue weighted by atomic mass is 10.1. The average molecular weight is 238 g/mol. The van der Waals surface area contributed by atoms with E-state index in [9.17, 15) is 9.59 Å². The number of hydrogen-bond donors (Lipinski definition) is 3. The zero-order valence-electron chi connectivity index (χ0n) is 9.13. The lowest BCUT2D eigenvalue weighted by Crippen LogP contribution is -2.45. The summed E-state index contributed by atoms with van der Waals surface area (Å²) in [6, 6.07) is 8.10. The number of hydrogen-bond acceptors (Lipinski definition) is 5. The van der Waals surface area contributed by atoms with Gasteiger partial charge in [0, 0.05) is 6.42 Å². The predicted octanol–water partition coefficient (Wildman–Crippen LogP) is -0.311. The molecule has 92 valence electrons. The topological polar surface area (TPSA) is 102 Å². The minimum atomic E-state index is -0.946. The van der Waals surface area contributed by atoms with Gasteiger partial charge in [-0.25, -0.2) is 4.79 Å². The summed E-state index contributed by atoms with van der Waals surface area (Å²) in [5.41, 5.74) is 5.96. The van der Waals surface area contributed by atoms with Gasteiger partial charge in [-0.2, -0.15) is 5.26 Å². The second-order valence-corrected chi connectivity index (χ2v) is 3.42. The van der Waals surface area contributed by atoms with E-state index in [1.165, 1.54) is 0 Å². The number of nitrogens with one attached hydrogen (secondary N) is 1. The Morgan fingerprint density at radius 2 is 2.00 bits per heavy atom. The van der Waals surface area contributed by atoms with Crippen LogP contribution in [0.3, 0.4) is 0 Å². The van der Waals surface area contributed by atoms with Gasteiger partial charge in [0.2, 0.25) is 5.91 Å². The molecule has 0 fully saturated rings. The van der Waals surface area contributed by atoms with Crippen molar-refractivity contribution in [2.75, 3.05) is 6.54 Å². The van der Waals surface area contributed by atoms with E-state index in [2.05, 4.69) is 10.2 Å². The van der Waals surface area contributed by atoms with Crippen molar-refractivity contribution in [2.45, 2.75) is 12.5 Å². The van der Waals surface area contributed by atoms with Gasteiger partial charge >= 0.3 is 5.97 Å². The van der Waals surface area contributed by atoms with Crippen molar-refractivity contribution in [2.24, 2.45) is 5.73 Å². The van der Waals surface area contributed by atoms with Crippen molar-refractivity contribution < 1.29 is 19.7 Å². The van der Waals surface area contributed by atoms with E-state index in [0.29, 0.717) is 0 Å². The van der Waals surface area contributed by atoms with Gasteiger partial charge in [-0.3, -0.25) is 9.68 Å². The van der Waals surface area contributed by atoms with Crippen LogP contribution in [-0.4, -0.2) is 29.7 Å². The van der Waals surface area contributed by atoms with Gasteiger partial charge in [0.15, 0.2) is 0 Å². The van der Waals surface area contributed by atoms with E-state index in [1.54, 1.807) is 24.3 Å². The number of carbonyl (C=O) groups is 2. The Balaban J connectivity index is 2.70. The third-order valence-electron chi connectivity index (χ3n) is 2.18. The summed E-state index contributed by atoms with van der Waals surface area (Å²) < 4.78 is 0. The summed E-state index contributed by atoms with van der Waals surface area (Å²) in [6.07, 6.45) is 0.228. The average Bonchev–Trinajstić information content (AvgIpc) is 2.38. The van der Waals surface area contributed by atoms with Crippen molar-refractivity contribution in [3.8, 4) is 0 Å². The number of nitrogens with two attached hydrogens (primary N) is 1. The van der Waals surface area contributed by atoms with Crippen LogP contribution in [0.1, 0.15) is 5.56 Å². The highest BCUT2D eigenvalue weighted by molar-refractivity contribution is 5.85. The van der Waals surface area contributed by atoms with Gasteiger partial charge in [0.05, 0.1) is 6.54 Å². The van der Waals surface area contributed by atoms with E-state index in [-0.39, 0.29) is 13.0 Å². The van der Waals surface area contributed by atoms with Crippen LogP contribution in [0.4, 0.5) is 0 Å². The molecular weight excluding hydrogens is 224 g/mol. The molecule has 6 nitrogen and oxygen atoms in total. The second kappa shape index (κ2) is 6.62. The van der Waals surface area contributed by atoms with Gasteiger partial charge in [-0.1, -0.05) is 30.3 Å². The van der Waals surface area contributed by atoms with E-state index < -0.39 is 17.9 Å². The molecule has 0 aromatic heterocycles. The van der Waals surface area contributed by atoms with E-state index in [1.807, 2.05) is 6.07 Å². The Hall–Kier alpha value is -1.92. The smallest absolute Gasteiger partial charge is 0.341 e. The van der Waals surface area contributed by atoms with E-state index in [4.69, 9.17) is 11.0 Å². The van der Waals surface area contributed by atoms with Crippen LogP contribution in [0, 0.1) is 0 Å². The standard InChI is InChI=1S/C11H14N2O4/c12-7-10(14)13-9(11(15)17-16)6-8-4-2-1-3-5-8/h1-5,9,16H,6-7,12H2,(H,13,14)/t9-/m1/s1. The summed E-state index contributed by atoms with van der Waals surface area (Å²) in [5, 5.41) is 10.7. The van der Waals surface area contributed by atoms with Crippen LogP contribution in [0.15, 0.2) is 30.3 Å². The highest BCUT2D eigenvalue weighted by atomic mass is 17.1. The maximum Gasteiger partial charge on any atom is 0.364 e. The van der Waals surface area contributed by atoms with Crippen LogP contribution in [0.25, 0.3) is 0 Å². The third kappa shape index (κ3) is 4.21.